The lowest BCUT2D eigenvalue weighted by Crippen LogP contribution is -2.47. The third-order valence-electron chi connectivity index (χ3n) is 7.90. The Morgan fingerprint density at radius 3 is 2.72 bits per heavy atom. The number of hydrogen-bond donors (Lipinski definition) is 1. The van der Waals surface area contributed by atoms with Crippen LogP contribution in [0.2, 0.25) is 0 Å². The quantitative estimate of drug-likeness (QED) is 0.433. The fourth-order valence-electron chi connectivity index (χ4n) is 5.40. The number of carboxylic acid groups (broad SMARTS) is 1. The van der Waals surface area contributed by atoms with Crippen molar-refractivity contribution >= 4 is 33.9 Å². The van der Waals surface area contributed by atoms with Gasteiger partial charge < -0.3 is 24.0 Å². The Morgan fingerprint density at radius 1 is 1.19 bits per heavy atom. The Hall–Kier alpha value is -3.81. The molecule has 1 atom stereocenters. The fraction of sp³-hybridized carbons (Fsp3) is 0.393. The summed E-state index contributed by atoms with van der Waals surface area (Å²) in [5.41, 5.74) is 5.86. The van der Waals surface area contributed by atoms with E-state index in [1.807, 2.05) is 13.0 Å². The number of carbonyl (C=O) groups is 2. The van der Waals surface area contributed by atoms with E-state index in [4.69, 9.17) is 4.98 Å². The number of para-hydroxylation sites is 1. The molecule has 2 aromatic carbocycles. The lowest BCUT2D eigenvalue weighted by molar-refractivity contribution is 0.0680. The van der Waals surface area contributed by atoms with Crippen LogP contribution < -0.4 is 0 Å². The van der Waals surface area contributed by atoms with E-state index in [2.05, 4.69) is 52.6 Å². The first-order valence-corrected chi connectivity index (χ1v) is 12.6. The van der Waals surface area contributed by atoms with Crippen LogP contribution in [0, 0.1) is 5.92 Å². The number of aromatic nitrogens is 3. The maximum absolute atomic E-state index is 13.4. The summed E-state index contributed by atoms with van der Waals surface area (Å²) in [7, 11) is 3.59. The Kier molecular flexibility index (Phi) is 5.28. The average Bonchev–Trinajstić information content (AvgIpc) is 3.54. The van der Waals surface area contributed by atoms with Crippen LogP contribution in [0.5, 0.6) is 0 Å². The molecule has 1 N–H and O–H groups in total. The van der Waals surface area contributed by atoms with Gasteiger partial charge in [0.2, 0.25) is 0 Å². The molecule has 1 saturated carbocycles. The first-order chi connectivity index (χ1) is 17.3. The number of nitrogens with zero attached hydrogens (tertiary/aromatic N) is 5. The van der Waals surface area contributed by atoms with Gasteiger partial charge in [-0.15, -0.1) is 0 Å². The van der Waals surface area contributed by atoms with Gasteiger partial charge in [0.25, 0.3) is 5.91 Å². The monoisotopic (exact) mass is 485 g/mol. The van der Waals surface area contributed by atoms with Crippen LogP contribution in [0.25, 0.3) is 33.5 Å². The van der Waals surface area contributed by atoms with E-state index in [0.29, 0.717) is 18.7 Å². The second kappa shape index (κ2) is 8.40. The van der Waals surface area contributed by atoms with Gasteiger partial charge in [0.15, 0.2) is 5.82 Å². The Morgan fingerprint density at radius 2 is 1.97 bits per heavy atom. The van der Waals surface area contributed by atoms with E-state index < -0.39 is 6.09 Å². The van der Waals surface area contributed by atoms with Gasteiger partial charge in [0, 0.05) is 56.2 Å². The second-order valence-electron chi connectivity index (χ2n) is 10.4. The van der Waals surface area contributed by atoms with Crippen molar-refractivity contribution in [2.24, 2.45) is 13.0 Å². The minimum Gasteiger partial charge on any atom is -0.465 e. The summed E-state index contributed by atoms with van der Waals surface area (Å²) in [5.74, 6) is 1.58. The van der Waals surface area contributed by atoms with Crippen molar-refractivity contribution < 1.29 is 14.7 Å². The zero-order valence-electron chi connectivity index (χ0n) is 20.9. The van der Waals surface area contributed by atoms with E-state index >= 15 is 0 Å². The number of rotatable bonds is 6. The van der Waals surface area contributed by atoms with E-state index in [1.165, 1.54) is 35.7 Å². The van der Waals surface area contributed by atoms with Gasteiger partial charge in [-0.3, -0.25) is 4.79 Å². The van der Waals surface area contributed by atoms with Gasteiger partial charge in [0.1, 0.15) is 0 Å². The van der Waals surface area contributed by atoms with Crippen LogP contribution >= 0.6 is 0 Å². The molecule has 1 fully saturated rings. The number of hydrogen-bond acceptors (Lipinski definition) is 3. The number of fused-ring (bicyclic) bond motifs is 3. The standard InChI is InChI=1S/C28H31N5O3/c1-17(30(2)28(35)36)15-32-11-10-19-12-24-22(14-21(19)27(32)34)29-26(31(24)3)25-13-20-6-4-5-7-23(20)33(25)16-18-8-9-18/h4-7,12-14,17-18H,8-11,15-16H2,1-3H3,(H,35,36)/t17-/m1/s1. The molecular weight excluding hydrogens is 454 g/mol. The number of likely N-dealkylation sites (N-methyl/N-ethyl adjacent to an activating group) is 1. The van der Waals surface area contributed by atoms with E-state index in [-0.39, 0.29) is 11.9 Å². The molecule has 0 saturated heterocycles. The van der Waals surface area contributed by atoms with Crippen molar-refractivity contribution in [1.82, 2.24) is 23.9 Å². The van der Waals surface area contributed by atoms with Crippen LogP contribution in [-0.2, 0) is 20.0 Å². The number of amides is 2. The number of aryl methyl sites for hydroxylation is 1. The number of imidazole rings is 1. The van der Waals surface area contributed by atoms with E-state index in [9.17, 15) is 14.7 Å². The van der Waals surface area contributed by atoms with Gasteiger partial charge in [0.05, 0.1) is 16.7 Å². The molecule has 2 aromatic heterocycles. The smallest absolute Gasteiger partial charge is 0.407 e. The lowest BCUT2D eigenvalue weighted by atomic mass is 9.97. The molecule has 8 nitrogen and oxygen atoms in total. The van der Waals surface area contributed by atoms with Crippen molar-refractivity contribution in [3.8, 4) is 11.5 Å². The first-order valence-electron chi connectivity index (χ1n) is 12.6. The molecule has 8 heteroatoms. The van der Waals surface area contributed by atoms with Crippen molar-refractivity contribution in [3.63, 3.8) is 0 Å². The normalized spacial score (nSPS) is 16.5. The summed E-state index contributed by atoms with van der Waals surface area (Å²) < 4.78 is 4.55. The van der Waals surface area contributed by atoms with Crippen LogP contribution in [0.15, 0.2) is 42.5 Å². The van der Waals surface area contributed by atoms with Crippen LogP contribution in [0.4, 0.5) is 4.79 Å². The molecule has 3 heterocycles. The summed E-state index contributed by atoms with van der Waals surface area (Å²) >= 11 is 0. The Bertz CT molecular complexity index is 1510. The predicted octanol–water partition coefficient (Wildman–Crippen LogP) is 4.60. The predicted molar refractivity (Wildman–Crippen MR) is 139 cm³/mol. The summed E-state index contributed by atoms with van der Waals surface area (Å²) in [6.45, 7) is 3.77. The third kappa shape index (κ3) is 3.72. The zero-order valence-corrected chi connectivity index (χ0v) is 20.9. The van der Waals surface area contributed by atoms with Crippen LogP contribution in [0.1, 0.15) is 35.7 Å². The highest BCUT2D eigenvalue weighted by atomic mass is 16.4. The summed E-state index contributed by atoms with van der Waals surface area (Å²) in [6, 6.07) is 14.5. The minimum atomic E-state index is -0.992. The molecule has 36 heavy (non-hydrogen) atoms. The van der Waals surface area contributed by atoms with Crippen LogP contribution in [0.3, 0.4) is 0 Å². The zero-order chi connectivity index (χ0) is 25.1. The fourth-order valence-corrected chi connectivity index (χ4v) is 5.40. The number of benzene rings is 2. The third-order valence-corrected chi connectivity index (χ3v) is 7.90. The highest BCUT2D eigenvalue weighted by Crippen LogP contribution is 2.37. The second-order valence-corrected chi connectivity index (χ2v) is 10.4. The molecule has 6 rings (SSSR count). The van der Waals surface area contributed by atoms with Crippen molar-refractivity contribution in [2.75, 3.05) is 20.1 Å². The minimum absolute atomic E-state index is 0.0566. The molecular formula is C28H31N5O3. The van der Waals surface area contributed by atoms with Crippen LogP contribution in [-0.4, -0.2) is 67.2 Å². The molecule has 0 radical (unpaired) electrons. The SMILES string of the molecule is C[C@H](CN1CCc2cc3c(cc2C1=O)nc(-c1cc2ccccc2n1CC1CC1)n3C)N(C)C(=O)O. The molecule has 4 aromatic rings. The molecule has 0 unspecified atom stereocenters. The highest BCUT2D eigenvalue weighted by Gasteiger charge is 2.29. The lowest BCUT2D eigenvalue weighted by Gasteiger charge is -2.33. The topological polar surface area (TPSA) is 83.6 Å². The molecule has 1 aliphatic carbocycles. The summed E-state index contributed by atoms with van der Waals surface area (Å²) in [4.78, 5) is 32.7. The van der Waals surface area contributed by atoms with Gasteiger partial charge in [-0.1, -0.05) is 18.2 Å². The maximum Gasteiger partial charge on any atom is 0.407 e. The molecule has 2 aliphatic rings. The van der Waals surface area contributed by atoms with Gasteiger partial charge >= 0.3 is 6.09 Å². The van der Waals surface area contributed by atoms with Crippen molar-refractivity contribution in [2.45, 2.75) is 38.8 Å². The average molecular weight is 486 g/mol. The van der Waals surface area contributed by atoms with Crippen molar-refractivity contribution in [1.29, 1.82) is 0 Å². The van der Waals surface area contributed by atoms with Gasteiger partial charge in [-0.2, -0.15) is 0 Å². The summed E-state index contributed by atoms with van der Waals surface area (Å²) in [6.07, 6.45) is 2.30. The Labute approximate surface area is 209 Å². The molecule has 1 aliphatic heterocycles. The largest absolute Gasteiger partial charge is 0.465 e. The first kappa shape index (κ1) is 22.6. The highest BCUT2D eigenvalue weighted by molar-refractivity contribution is 6.00. The van der Waals surface area contributed by atoms with Gasteiger partial charge in [-0.05, 0) is 61.9 Å². The molecule has 186 valence electrons. The molecule has 2 amide bonds. The van der Waals surface area contributed by atoms with Gasteiger partial charge in [-0.25, -0.2) is 9.78 Å². The molecule has 0 spiro atoms. The summed E-state index contributed by atoms with van der Waals surface area (Å²) in [5, 5.41) is 10.5. The van der Waals surface area contributed by atoms with E-state index in [1.54, 1.807) is 4.90 Å². The van der Waals surface area contributed by atoms with Crippen molar-refractivity contribution in [3.05, 3.63) is 53.6 Å². The maximum atomic E-state index is 13.4. The Balaban J connectivity index is 1.38. The van der Waals surface area contributed by atoms with E-state index in [0.717, 1.165) is 47.0 Å². The number of carbonyl (C=O) groups excluding carboxylic acids is 1. The molecule has 0 bridgehead atoms.